The van der Waals surface area contributed by atoms with Crippen molar-refractivity contribution in [1.82, 2.24) is 15.5 Å². The molecule has 1 N–H and O–H groups in total. The number of nitrogens with one attached hydrogen (secondary N) is 1. The fourth-order valence-electron chi connectivity index (χ4n) is 2.16. The summed E-state index contributed by atoms with van der Waals surface area (Å²) in [5.41, 5.74) is 2.64. The summed E-state index contributed by atoms with van der Waals surface area (Å²) in [6, 6.07) is 16.5. The van der Waals surface area contributed by atoms with E-state index in [1.807, 2.05) is 56.3 Å². The second-order valence-electron chi connectivity index (χ2n) is 5.38. The fraction of sp³-hybridized carbons (Fsp3) is 0.167. The topological polar surface area (TPSA) is 68.0 Å². The van der Waals surface area contributed by atoms with E-state index in [9.17, 15) is 4.79 Å². The fourth-order valence-corrected chi connectivity index (χ4v) is 2.16. The first-order valence-corrected chi connectivity index (χ1v) is 7.40. The third kappa shape index (κ3) is 3.45. The molecule has 3 rings (SSSR count). The Morgan fingerprint density at radius 3 is 2.48 bits per heavy atom. The van der Waals surface area contributed by atoms with Crippen LogP contribution < -0.4 is 5.32 Å². The van der Waals surface area contributed by atoms with E-state index in [-0.39, 0.29) is 11.9 Å². The quantitative estimate of drug-likeness (QED) is 0.800. The van der Waals surface area contributed by atoms with E-state index in [2.05, 4.69) is 15.5 Å². The van der Waals surface area contributed by atoms with Gasteiger partial charge in [-0.05, 0) is 26.0 Å². The number of nitrogens with zero attached hydrogens (tertiary/aromatic N) is 2. The number of hydrogen-bond donors (Lipinski definition) is 1. The zero-order valence-electron chi connectivity index (χ0n) is 13.0. The second-order valence-corrected chi connectivity index (χ2v) is 5.38. The molecular formula is C18H17N3O2. The number of hydrogen-bond acceptors (Lipinski definition) is 4. The molecule has 5 nitrogen and oxygen atoms in total. The minimum absolute atomic E-state index is 0.173. The summed E-state index contributed by atoms with van der Waals surface area (Å²) in [7, 11) is 0. The average molecular weight is 307 g/mol. The molecule has 0 aliphatic heterocycles. The van der Waals surface area contributed by atoms with E-state index in [0.717, 1.165) is 5.56 Å². The smallest absolute Gasteiger partial charge is 0.251 e. The molecule has 3 aromatic rings. The van der Waals surface area contributed by atoms with Crippen LogP contribution in [0.25, 0.3) is 11.4 Å². The molecule has 1 heterocycles. The predicted molar refractivity (Wildman–Crippen MR) is 86.8 cm³/mol. The first kappa shape index (κ1) is 15.0. The highest BCUT2D eigenvalue weighted by Gasteiger charge is 2.18. The van der Waals surface area contributed by atoms with Gasteiger partial charge in [-0.15, -0.1) is 0 Å². The number of rotatable bonds is 4. The molecule has 1 atom stereocenters. The zero-order valence-corrected chi connectivity index (χ0v) is 13.0. The van der Waals surface area contributed by atoms with Gasteiger partial charge in [-0.1, -0.05) is 53.2 Å². The minimum atomic E-state index is -0.366. The van der Waals surface area contributed by atoms with Gasteiger partial charge in [0.2, 0.25) is 11.7 Å². The Labute approximate surface area is 134 Å². The standard InChI is InChI=1S/C18H17N3O2/c1-12-8-10-14(11-9-12)16-20-18(23-21-16)13(2)19-17(22)15-6-4-3-5-7-15/h3-11,13H,1-2H3,(H,19,22)/t13-/m1/s1. The molecule has 0 saturated carbocycles. The largest absolute Gasteiger partial charge is 0.341 e. The highest BCUT2D eigenvalue weighted by molar-refractivity contribution is 5.94. The molecule has 0 unspecified atom stereocenters. The van der Waals surface area contributed by atoms with Gasteiger partial charge in [0.25, 0.3) is 5.91 Å². The number of aryl methyl sites for hydroxylation is 1. The number of benzene rings is 2. The van der Waals surface area contributed by atoms with Gasteiger partial charge in [0.15, 0.2) is 0 Å². The summed E-state index contributed by atoms with van der Waals surface area (Å²) < 4.78 is 5.27. The van der Waals surface area contributed by atoms with Crippen LogP contribution >= 0.6 is 0 Å². The normalized spacial score (nSPS) is 11.9. The van der Waals surface area contributed by atoms with Crippen LogP contribution in [0.1, 0.15) is 34.8 Å². The predicted octanol–water partition coefficient (Wildman–Crippen LogP) is 3.54. The van der Waals surface area contributed by atoms with Crippen molar-refractivity contribution in [3.8, 4) is 11.4 Å². The van der Waals surface area contributed by atoms with Gasteiger partial charge in [0, 0.05) is 11.1 Å². The van der Waals surface area contributed by atoms with E-state index in [0.29, 0.717) is 17.3 Å². The van der Waals surface area contributed by atoms with E-state index in [4.69, 9.17) is 4.52 Å². The third-order valence-corrected chi connectivity index (χ3v) is 3.51. The molecule has 5 heteroatoms. The summed E-state index contributed by atoms with van der Waals surface area (Å²) in [5.74, 6) is 0.721. The highest BCUT2D eigenvalue weighted by Crippen LogP contribution is 2.19. The van der Waals surface area contributed by atoms with Crippen LogP contribution in [0.3, 0.4) is 0 Å². The molecule has 0 radical (unpaired) electrons. The number of amides is 1. The van der Waals surface area contributed by atoms with Gasteiger partial charge in [-0.25, -0.2) is 0 Å². The molecule has 0 spiro atoms. The van der Waals surface area contributed by atoms with Crippen molar-refractivity contribution in [1.29, 1.82) is 0 Å². The van der Waals surface area contributed by atoms with Crippen molar-refractivity contribution >= 4 is 5.91 Å². The van der Waals surface area contributed by atoms with Crippen LogP contribution in [0.5, 0.6) is 0 Å². The Hall–Kier alpha value is -2.95. The van der Waals surface area contributed by atoms with Crippen molar-refractivity contribution < 1.29 is 9.32 Å². The molecule has 0 saturated heterocycles. The first-order chi connectivity index (χ1) is 11.1. The van der Waals surface area contributed by atoms with Gasteiger partial charge in [0.05, 0.1) is 0 Å². The van der Waals surface area contributed by atoms with Crippen molar-refractivity contribution in [3.05, 3.63) is 71.6 Å². The first-order valence-electron chi connectivity index (χ1n) is 7.40. The molecule has 23 heavy (non-hydrogen) atoms. The van der Waals surface area contributed by atoms with Gasteiger partial charge in [0.1, 0.15) is 6.04 Å². The number of carbonyl (C=O) groups is 1. The van der Waals surface area contributed by atoms with E-state index in [1.165, 1.54) is 5.56 Å². The maximum absolute atomic E-state index is 12.1. The summed E-state index contributed by atoms with van der Waals surface area (Å²) in [6.07, 6.45) is 0. The molecule has 0 aliphatic carbocycles. The van der Waals surface area contributed by atoms with E-state index < -0.39 is 0 Å². The minimum Gasteiger partial charge on any atom is -0.341 e. The number of carbonyl (C=O) groups excluding carboxylic acids is 1. The van der Waals surface area contributed by atoms with Gasteiger partial charge in [-0.2, -0.15) is 4.98 Å². The highest BCUT2D eigenvalue weighted by atomic mass is 16.5. The Morgan fingerprint density at radius 1 is 1.09 bits per heavy atom. The lowest BCUT2D eigenvalue weighted by Gasteiger charge is -2.09. The lowest BCUT2D eigenvalue weighted by molar-refractivity contribution is 0.0932. The van der Waals surface area contributed by atoms with Gasteiger partial charge in [-0.3, -0.25) is 4.79 Å². The van der Waals surface area contributed by atoms with Crippen LogP contribution in [-0.2, 0) is 0 Å². The van der Waals surface area contributed by atoms with Gasteiger partial charge >= 0.3 is 0 Å². The lowest BCUT2D eigenvalue weighted by Crippen LogP contribution is -2.26. The lowest BCUT2D eigenvalue weighted by atomic mass is 10.1. The maximum Gasteiger partial charge on any atom is 0.251 e. The summed E-state index contributed by atoms with van der Waals surface area (Å²) >= 11 is 0. The summed E-state index contributed by atoms with van der Waals surface area (Å²) in [4.78, 5) is 16.5. The van der Waals surface area contributed by atoms with E-state index >= 15 is 0 Å². The molecule has 116 valence electrons. The van der Waals surface area contributed by atoms with Crippen molar-refractivity contribution in [3.63, 3.8) is 0 Å². The SMILES string of the molecule is Cc1ccc(-c2noc([C@@H](C)NC(=O)c3ccccc3)n2)cc1. The number of aromatic nitrogens is 2. The molecule has 0 bridgehead atoms. The van der Waals surface area contributed by atoms with Crippen molar-refractivity contribution in [2.45, 2.75) is 19.9 Å². The Bertz CT molecular complexity index is 795. The summed E-state index contributed by atoms with van der Waals surface area (Å²) in [6.45, 7) is 3.83. The Morgan fingerprint density at radius 2 is 1.78 bits per heavy atom. The molecule has 0 aliphatic rings. The molecule has 2 aromatic carbocycles. The van der Waals surface area contributed by atoms with Crippen LogP contribution in [0.15, 0.2) is 59.1 Å². The zero-order chi connectivity index (χ0) is 16.2. The van der Waals surface area contributed by atoms with Crippen LogP contribution in [0.4, 0.5) is 0 Å². The Kier molecular flexibility index (Phi) is 4.19. The van der Waals surface area contributed by atoms with Crippen LogP contribution in [0, 0.1) is 6.92 Å². The maximum atomic E-state index is 12.1. The summed E-state index contributed by atoms with van der Waals surface area (Å²) in [5, 5.41) is 6.83. The van der Waals surface area contributed by atoms with Gasteiger partial charge < -0.3 is 9.84 Å². The second kappa shape index (κ2) is 6.44. The monoisotopic (exact) mass is 307 g/mol. The average Bonchev–Trinajstić information content (AvgIpc) is 3.06. The molecule has 0 fully saturated rings. The van der Waals surface area contributed by atoms with Crippen molar-refractivity contribution in [2.24, 2.45) is 0 Å². The molecule has 1 amide bonds. The van der Waals surface area contributed by atoms with E-state index in [1.54, 1.807) is 12.1 Å². The van der Waals surface area contributed by atoms with Crippen LogP contribution in [-0.4, -0.2) is 16.0 Å². The van der Waals surface area contributed by atoms with Crippen molar-refractivity contribution in [2.75, 3.05) is 0 Å². The Balaban J connectivity index is 1.72. The third-order valence-electron chi connectivity index (χ3n) is 3.51. The molecule has 1 aromatic heterocycles. The van der Waals surface area contributed by atoms with Crippen LogP contribution in [0.2, 0.25) is 0 Å². The molecular weight excluding hydrogens is 290 g/mol.